The van der Waals surface area contributed by atoms with Crippen LogP contribution in [0.1, 0.15) is 58.8 Å². The van der Waals surface area contributed by atoms with Gasteiger partial charge in [-0.25, -0.2) is 0 Å². The topological polar surface area (TPSA) is 15.3 Å². The average Bonchev–Trinajstić information content (AvgIpc) is 3.12. The van der Waals surface area contributed by atoms with E-state index < -0.39 is 0 Å². The molecule has 2 heteroatoms. The van der Waals surface area contributed by atoms with Crippen LogP contribution in [0.3, 0.4) is 0 Å². The van der Waals surface area contributed by atoms with E-state index in [9.17, 15) is 0 Å². The van der Waals surface area contributed by atoms with Gasteiger partial charge in [-0.3, -0.25) is 4.90 Å². The highest BCUT2D eigenvalue weighted by molar-refractivity contribution is 5.05. The minimum atomic E-state index is 0.472. The van der Waals surface area contributed by atoms with E-state index >= 15 is 0 Å². The Morgan fingerprint density at radius 3 is 2.56 bits per heavy atom. The molecule has 0 radical (unpaired) electrons. The fourth-order valence-electron chi connectivity index (χ4n) is 3.92. The molecular weight excluding hydrogens is 220 g/mol. The molecule has 0 aromatic carbocycles. The Kier molecular flexibility index (Phi) is 3.68. The summed E-state index contributed by atoms with van der Waals surface area (Å²) in [6.45, 7) is 8.76. The van der Waals surface area contributed by atoms with Crippen molar-refractivity contribution < 1.29 is 0 Å². The van der Waals surface area contributed by atoms with Gasteiger partial charge in [-0.1, -0.05) is 19.8 Å². The molecule has 1 saturated heterocycles. The Morgan fingerprint density at radius 2 is 2.00 bits per heavy atom. The first-order chi connectivity index (χ1) is 8.72. The average molecular weight is 250 g/mol. The predicted molar refractivity (Wildman–Crippen MR) is 76.7 cm³/mol. The molecular formula is C16H30N2. The fourth-order valence-corrected chi connectivity index (χ4v) is 3.92. The summed E-state index contributed by atoms with van der Waals surface area (Å²) >= 11 is 0. The van der Waals surface area contributed by atoms with Crippen LogP contribution >= 0.6 is 0 Å². The first-order valence-corrected chi connectivity index (χ1v) is 8.21. The molecule has 3 aliphatic rings. The molecule has 0 aromatic rings. The molecule has 104 valence electrons. The SMILES string of the molecule is CCCC1CN(CC2CCC2)C(C)(C2CC2)CN1. The molecule has 0 aromatic heterocycles. The smallest absolute Gasteiger partial charge is 0.0334 e. The van der Waals surface area contributed by atoms with Gasteiger partial charge < -0.3 is 5.32 Å². The van der Waals surface area contributed by atoms with Crippen LogP contribution in [0.15, 0.2) is 0 Å². The summed E-state index contributed by atoms with van der Waals surface area (Å²) in [7, 11) is 0. The van der Waals surface area contributed by atoms with Gasteiger partial charge in [0.15, 0.2) is 0 Å². The van der Waals surface area contributed by atoms with Crippen molar-refractivity contribution in [3.05, 3.63) is 0 Å². The first-order valence-electron chi connectivity index (χ1n) is 8.21. The summed E-state index contributed by atoms with van der Waals surface area (Å²) in [5.74, 6) is 2.00. The standard InChI is InChI=1S/C16H30N2/c1-3-5-15-11-18(10-13-6-4-7-13)16(2,12-17-15)14-8-9-14/h13-15,17H,3-12H2,1-2H3. The van der Waals surface area contributed by atoms with E-state index in [-0.39, 0.29) is 0 Å². The van der Waals surface area contributed by atoms with Gasteiger partial charge in [-0.05, 0) is 50.9 Å². The molecule has 3 rings (SSSR count). The van der Waals surface area contributed by atoms with Gasteiger partial charge in [0.05, 0.1) is 0 Å². The van der Waals surface area contributed by atoms with E-state index in [1.54, 1.807) is 0 Å². The summed E-state index contributed by atoms with van der Waals surface area (Å²) in [5.41, 5.74) is 0.472. The van der Waals surface area contributed by atoms with E-state index in [1.165, 1.54) is 64.6 Å². The molecule has 18 heavy (non-hydrogen) atoms. The lowest BCUT2D eigenvalue weighted by atomic mass is 9.81. The fraction of sp³-hybridized carbons (Fsp3) is 1.00. The van der Waals surface area contributed by atoms with Crippen LogP contribution in [-0.4, -0.2) is 36.1 Å². The third kappa shape index (κ3) is 2.46. The molecule has 0 spiro atoms. The quantitative estimate of drug-likeness (QED) is 0.807. The molecule has 2 aliphatic carbocycles. The van der Waals surface area contributed by atoms with Crippen LogP contribution in [0.5, 0.6) is 0 Å². The van der Waals surface area contributed by atoms with Crippen LogP contribution in [0, 0.1) is 11.8 Å². The third-order valence-electron chi connectivity index (χ3n) is 5.71. The molecule has 0 bridgehead atoms. The number of nitrogens with one attached hydrogen (secondary N) is 1. The third-order valence-corrected chi connectivity index (χ3v) is 5.71. The van der Waals surface area contributed by atoms with Gasteiger partial charge in [0.2, 0.25) is 0 Å². The molecule has 1 heterocycles. The van der Waals surface area contributed by atoms with E-state index in [0.29, 0.717) is 5.54 Å². The molecule has 2 atom stereocenters. The van der Waals surface area contributed by atoms with Crippen molar-refractivity contribution in [3.8, 4) is 0 Å². The second-order valence-electron chi connectivity index (χ2n) is 7.20. The summed E-state index contributed by atoms with van der Waals surface area (Å²) in [6.07, 6.45) is 10.1. The van der Waals surface area contributed by atoms with Gasteiger partial charge >= 0.3 is 0 Å². The van der Waals surface area contributed by atoms with Crippen LogP contribution in [0.25, 0.3) is 0 Å². The van der Waals surface area contributed by atoms with Crippen LogP contribution in [0.2, 0.25) is 0 Å². The van der Waals surface area contributed by atoms with Gasteiger partial charge in [0, 0.05) is 31.2 Å². The highest BCUT2D eigenvalue weighted by Gasteiger charge is 2.48. The van der Waals surface area contributed by atoms with Crippen LogP contribution in [0.4, 0.5) is 0 Å². The Bertz CT molecular complexity index is 283. The van der Waals surface area contributed by atoms with Gasteiger partial charge in [-0.15, -0.1) is 0 Å². The highest BCUT2D eigenvalue weighted by atomic mass is 15.3. The van der Waals surface area contributed by atoms with Gasteiger partial charge in [0.1, 0.15) is 0 Å². The lowest BCUT2D eigenvalue weighted by Gasteiger charge is -2.51. The monoisotopic (exact) mass is 250 g/mol. The largest absolute Gasteiger partial charge is 0.311 e. The van der Waals surface area contributed by atoms with Crippen molar-refractivity contribution in [2.24, 2.45) is 11.8 Å². The highest BCUT2D eigenvalue weighted by Crippen LogP contribution is 2.45. The maximum atomic E-state index is 3.83. The van der Waals surface area contributed by atoms with Crippen LogP contribution < -0.4 is 5.32 Å². The number of nitrogens with zero attached hydrogens (tertiary/aromatic N) is 1. The van der Waals surface area contributed by atoms with Gasteiger partial charge in [0.25, 0.3) is 0 Å². The number of piperazine rings is 1. The zero-order valence-corrected chi connectivity index (χ0v) is 12.3. The van der Waals surface area contributed by atoms with Crippen molar-refractivity contribution in [3.63, 3.8) is 0 Å². The second-order valence-corrected chi connectivity index (χ2v) is 7.20. The zero-order chi connectivity index (χ0) is 12.6. The lowest BCUT2D eigenvalue weighted by molar-refractivity contribution is 0.00947. The maximum absolute atomic E-state index is 3.83. The molecule has 3 fully saturated rings. The molecule has 1 N–H and O–H groups in total. The number of hydrogen-bond donors (Lipinski definition) is 1. The normalized spacial score (nSPS) is 38.7. The molecule has 2 unspecified atom stereocenters. The Morgan fingerprint density at radius 1 is 1.22 bits per heavy atom. The lowest BCUT2D eigenvalue weighted by Crippen LogP contribution is -2.65. The van der Waals surface area contributed by atoms with Crippen LogP contribution in [-0.2, 0) is 0 Å². The van der Waals surface area contributed by atoms with Crippen molar-refractivity contribution >= 4 is 0 Å². The summed E-state index contributed by atoms with van der Waals surface area (Å²) in [4.78, 5) is 2.88. The van der Waals surface area contributed by atoms with Gasteiger partial charge in [-0.2, -0.15) is 0 Å². The number of rotatable bonds is 5. The molecule has 2 saturated carbocycles. The van der Waals surface area contributed by atoms with E-state index in [1.807, 2.05) is 0 Å². The summed E-state index contributed by atoms with van der Waals surface area (Å²) in [6, 6.07) is 0.752. The van der Waals surface area contributed by atoms with Crippen molar-refractivity contribution in [1.82, 2.24) is 10.2 Å². The van der Waals surface area contributed by atoms with E-state index in [2.05, 4.69) is 24.1 Å². The van der Waals surface area contributed by atoms with Crippen molar-refractivity contribution in [1.29, 1.82) is 0 Å². The zero-order valence-electron chi connectivity index (χ0n) is 12.3. The second kappa shape index (κ2) is 5.13. The Labute approximate surface area is 113 Å². The minimum absolute atomic E-state index is 0.472. The number of hydrogen-bond acceptors (Lipinski definition) is 2. The van der Waals surface area contributed by atoms with E-state index in [4.69, 9.17) is 0 Å². The van der Waals surface area contributed by atoms with Crippen molar-refractivity contribution in [2.45, 2.75) is 70.4 Å². The Balaban J connectivity index is 1.64. The van der Waals surface area contributed by atoms with Crippen molar-refractivity contribution in [2.75, 3.05) is 19.6 Å². The minimum Gasteiger partial charge on any atom is -0.311 e. The molecule has 0 amide bonds. The first kappa shape index (κ1) is 12.9. The summed E-state index contributed by atoms with van der Waals surface area (Å²) < 4.78 is 0. The predicted octanol–water partition coefficient (Wildman–Crippen LogP) is 3.03. The maximum Gasteiger partial charge on any atom is 0.0334 e. The molecule has 2 nitrogen and oxygen atoms in total. The molecule has 1 aliphatic heterocycles. The summed E-state index contributed by atoms with van der Waals surface area (Å²) in [5, 5.41) is 3.83. The Hall–Kier alpha value is -0.0800. The van der Waals surface area contributed by atoms with E-state index in [0.717, 1.165) is 17.9 Å².